The fourth-order valence-corrected chi connectivity index (χ4v) is 2.14. The van der Waals surface area contributed by atoms with Gasteiger partial charge in [-0.3, -0.25) is 0 Å². The van der Waals surface area contributed by atoms with E-state index in [1.54, 1.807) is 7.11 Å². The molecule has 0 saturated heterocycles. The first-order valence-electron chi connectivity index (χ1n) is 5.30. The number of aliphatic carboxylic acids is 1. The molecule has 0 saturated carbocycles. The molecule has 0 spiro atoms. The number of fused-ring (bicyclic) bond motifs is 1. The molecule has 0 fully saturated rings. The molecule has 86 valence electrons. The minimum atomic E-state index is -0.878. The van der Waals surface area contributed by atoms with Crippen molar-refractivity contribution < 1.29 is 14.6 Å². The van der Waals surface area contributed by atoms with Crippen molar-refractivity contribution in [3.8, 4) is 5.75 Å². The summed E-state index contributed by atoms with van der Waals surface area (Å²) in [6.07, 6.45) is 1.05. The molecule has 0 radical (unpaired) electrons. The number of anilines is 1. The van der Waals surface area contributed by atoms with E-state index in [9.17, 15) is 9.90 Å². The number of nitrogens with one attached hydrogen (secondary N) is 1. The highest BCUT2D eigenvalue weighted by Crippen LogP contribution is 2.40. The number of carbonyl (C=O) groups is 1. The van der Waals surface area contributed by atoms with Crippen molar-refractivity contribution in [2.75, 3.05) is 12.4 Å². The van der Waals surface area contributed by atoms with Gasteiger partial charge in [0.25, 0.3) is 0 Å². The number of carboxylic acids is 1. The van der Waals surface area contributed by atoms with Gasteiger partial charge in [-0.05, 0) is 18.1 Å². The molecule has 2 rings (SSSR count). The van der Waals surface area contributed by atoms with E-state index in [1.807, 2.05) is 25.1 Å². The quantitative estimate of drug-likeness (QED) is 0.818. The predicted molar refractivity (Wildman–Crippen MR) is 61.0 cm³/mol. The summed E-state index contributed by atoms with van der Waals surface area (Å²) in [6.45, 7) is 1.87. The van der Waals surface area contributed by atoms with Gasteiger partial charge < -0.3 is 15.2 Å². The summed E-state index contributed by atoms with van der Waals surface area (Å²) >= 11 is 0. The van der Waals surface area contributed by atoms with Crippen LogP contribution in [0.25, 0.3) is 0 Å². The highest BCUT2D eigenvalue weighted by atomic mass is 16.5. The van der Waals surface area contributed by atoms with E-state index in [0.717, 1.165) is 11.3 Å². The van der Waals surface area contributed by atoms with Crippen molar-refractivity contribution >= 4 is 11.7 Å². The minimum Gasteiger partial charge on any atom is -0.495 e. The van der Waals surface area contributed by atoms with Crippen molar-refractivity contribution in [3.63, 3.8) is 0 Å². The third-order valence-electron chi connectivity index (χ3n) is 3.20. The molecule has 0 amide bonds. The molecule has 4 heteroatoms. The Balaban J connectivity index is 2.43. The second-order valence-electron chi connectivity index (χ2n) is 4.04. The molecule has 1 aliphatic heterocycles. The monoisotopic (exact) mass is 221 g/mol. The molecule has 0 aromatic heterocycles. The van der Waals surface area contributed by atoms with Crippen molar-refractivity contribution in [1.29, 1.82) is 0 Å². The van der Waals surface area contributed by atoms with E-state index in [1.165, 1.54) is 0 Å². The normalized spacial score (nSPS) is 22.4. The number of carboxylic acid groups (broad SMARTS) is 1. The zero-order chi connectivity index (χ0) is 11.8. The Labute approximate surface area is 94.2 Å². The van der Waals surface area contributed by atoms with Crippen molar-refractivity contribution in [2.24, 2.45) is 0 Å². The number of methoxy groups -OCH3 is 1. The zero-order valence-electron chi connectivity index (χ0n) is 9.41. The van der Waals surface area contributed by atoms with E-state index in [-0.39, 0.29) is 0 Å². The van der Waals surface area contributed by atoms with Gasteiger partial charge in [0.15, 0.2) is 0 Å². The summed E-state index contributed by atoms with van der Waals surface area (Å²) in [5, 5.41) is 12.4. The van der Waals surface area contributed by atoms with Crippen molar-refractivity contribution in [1.82, 2.24) is 0 Å². The van der Waals surface area contributed by atoms with Gasteiger partial charge in [0, 0.05) is 6.42 Å². The summed E-state index contributed by atoms with van der Waals surface area (Å²) < 4.78 is 5.22. The van der Waals surface area contributed by atoms with Crippen LogP contribution in [0.5, 0.6) is 5.75 Å². The second kappa shape index (κ2) is 3.70. The first-order valence-corrected chi connectivity index (χ1v) is 5.30. The third-order valence-corrected chi connectivity index (χ3v) is 3.20. The van der Waals surface area contributed by atoms with E-state index in [4.69, 9.17) is 4.74 Å². The Morgan fingerprint density at radius 3 is 2.94 bits per heavy atom. The molecule has 2 N–H and O–H groups in total. The smallest absolute Gasteiger partial charge is 0.329 e. The maximum Gasteiger partial charge on any atom is 0.329 e. The van der Waals surface area contributed by atoms with Crippen LogP contribution >= 0.6 is 0 Å². The summed E-state index contributed by atoms with van der Waals surface area (Å²) in [6, 6.07) is 5.65. The predicted octanol–water partition coefficient (Wildman–Crippen LogP) is 1.90. The lowest BCUT2D eigenvalue weighted by atomic mass is 9.92. The molecule has 1 aromatic rings. The highest BCUT2D eigenvalue weighted by molar-refractivity contribution is 5.88. The third kappa shape index (κ3) is 1.41. The molecule has 1 aliphatic rings. The van der Waals surface area contributed by atoms with Crippen LogP contribution < -0.4 is 10.1 Å². The molecule has 4 nitrogen and oxygen atoms in total. The minimum absolute atomic E-state index is 0.505. The molecule has 16 heavy (non-hydrogen) atoms. The molecule has 1 unspecified atom stereocenters. The Hall–Kier alpha value is -1.71. The van der Waals surface area contributed by atoms with Crippen LogP contribution in [0.4, 0.5) is 5.69 Å². The molecule has 0 bridgehead atoms. The van der Waals surface area contributed by atoms with Crippen molar-refractivity contribution in [3.05, 3.63) is 23.8 Å². The molecular weight excluding hydrogens is 206 g/mol. The summed E-state index contributed by atoms with van der Waals surface area (Å²) in [5.74, 6) is -0.109. The number of hydrogen-bond donors (Lipinski definition) is 2. The van der Waals surface area contributed by atoms with Gasteiger partial charge in [0.05, 0.1) is 12.8 Å². The molecule has 1 aromatic carbocycles. The summed E-state index contributed by atoms with van der Waals surface area (Å²) in [7, 11) is 1.59. The highest BCUT2D eigenvalue weighted by Gasteiger charge is 2.43. The molecular formula is C12H15NO3. The molecule has 1 atom stereocenters. The lowest BCUT2D eigenvalue weighted by molar-refractivity contribution is -0.142. The van der Waals surface area contributed by atoms with Gasteiger partial charge >= 0.3 is 5.97 Å². The number of ether oxygens (including phenoxy) is 1. The van der Waals surface area contributed by atoms with E-state index < -0.39 is 11.5 Å². The van der Waals surface area contributed by atoms with Crippen LogP contribution in [0.15, 0.2) is 18.2 Å². The van der Waals surface area contributed by atoms with Crippen LogP contribution in [0.1, 0.15) is 18.9 Å². The van der Waals surface area contributed by atoms with Gasteiger partial charge in [-0.15, -0.1) is 0 Å². The number of benzene rings is 1. The lowest BCUT2D eigenvalue weighted by Crippen LogP contribution is -2.44. The Morgan fingerprint density at radius 1 is 1.62 bits per heavy atom. The number of hydrogen-bond acceptors (Lipinski definition) is 3. The van der Waals surface area contributed by atoms with Crippen LogP contribution in [0.3, 0.4) is 0 Å². The van der Waals surface area contributed by atoms with E-state index in [0.29, 0.717) is 18.6 Å². The van der Waals surface area contributed by atoms with E-state index >= 15 is 0 Å². The van der Waals surface area contributed by atoms with Crippen LogP contribution in [0.2, 0.25) is 0 Å². The Morgan fingerprint density at radius 2 is 2.38 bits per heavy atom. The number of para-hydroxylation sites is 1. The van der Waals surface area contributed by atoms with E-state index in [2.05, 4.69) is 5.32 Å². The lowest BCUT2D eigenvalue weighted by Gasteiger charge is -2.23. The Kier molecular flexibility index (Phi) is 2.50. The van der Waals surface area contributed by atoms with Crippen LogP contribution in [0, 0.1) is 0 Å². The van der Waals surface area contributed by atoms with Crippen LogP contribution in [-0.4, -0.2) is 23.7 Å². The first kappa shape index (κ1) is 10.8. The average Bonchev–Trinajstić information content (AvgIpc) is 2.68. The van der Waals surface area contributed by atoms with Gasteiger partial charge in [-0.1, -0.05) is 19.1 Å². The average molecular weight is 221 g/mol. The van der Waals surface area contributed by atoms with Gasteiger partial charge in [0.2, 0.25) is 0 Å². The van der Waals surface area contributed by atoms with Gasteiger partial charge in [0.1, 0.15) is 11.3 Å². The fourth-order valence-electron chi connectivity index (χ4n) is 2.14. The fraction of sp³-hybridized carbons (Fsp3) is 0.417. The van der Waals surface area contributed by atoms with Crippen molar-refractivity contribution in [2.45, 2.75) is 25.3 Å². The maximum atomic E-state index is 11.3. The van der Waals surface area contributed by atoms with Gasteiger partial charge in [-0.25, -0.2) is 4.79 Å². The zero-order valence-corrected chi connectivity index (χ0v) is 9.41. The first-order chi connectivity index (χ1) is 7.63. The maximum absolute atomic E-state index is 11.3. The second-order valence-corrected chi connectivity index (χ2v) is 4.04. The summed E-state index contributed by atoms with van der Waals surface area (Å²) in [4.78, 5) is 11.3. The topological polar surface area (TPSA) is 58.6 Å². The SMILES string of the molecule is CCC1(C(=O)O)Cc2cccc(OC)c2N1. The molecule has 0 aliphatic carbocycles. The largest absolute Gasteiger partial charge is 0.495 e. The molecule has 1 heterocycles. The standard InChI is InChI=1S/C12H15NO3/c1-3-12(11(14)15)7-8-5-4-6-9(16-2)10(8)13-12/h4-6,13H,3,7H2,1-2H3,(H,14,15). The van der Waals surface area contributed by atoms with Crippen LogP contribution in [-0.2, 0) is 11.2 Å². The Bertz CT molecular complexity index is 430. The van der Waals surface area contributed by atoms with Gasteiger partial charge in [-0.2, -0.15) is 0 Å². The number of rotatable bonds is 3. The summed E-state index contributed by atoms with van der Waals surface area (Å²) in [5.41, 5.74) is 0.939.